The molecule has 2 aromatic rings. The maximum absolute atomic E-state index is 5.77. The maximum atomic E-state index is 5.77. The molecule has 2 rings (SSSR count). The normalized spacial score (nSPS) is 10.6. The number of furan rings is 1. The first-order chi connectivity index (χ1) is 8.72. The van der Waals surface area contributed by atoms with E-state index in [0.29, 0.717) is 13.2 Å². The van der Waals surface area contributed by atoms with Gasteiger partial charge in [0.2, 0.25) is 0 Å². The van der Waals surface area contributed by atoms with Crippen LogP contribution in [0, 0.1) is 6.92 Å². The molecule has 0 atom stereocenters. The zero-order valence-corrected chi connectivity index (χ0v) is 10.9. The molecule has 0 aliphatic rings. The SMILES string of the molecule is CCc1cccc(OCc2cc(CN)oc2C)c1. The van der Waals surface area contributed by atoms with Crippen molar-refractivity contribution in [3.05, 3.63) is 53.0 Å². The Kier molecular flexibility index (Phi) is 4.05. The summed E-state index contributed by atoms with van der Waals surface area (Å²) in [5.41, 5.74) is 7.87. The van der Waals surface area contributed by atoms with Crippen LogP contribution in [-0.2, 0) is 19.6 Å². The van der Waals surface area contributed by atoms with Crippen molar-refractivity contribution in [2.45, 2.75) is 33.4 Å². The summed E-state index contributed by atoms with van der Waals surface area (Å²) in [7, 11) is 0. The van der Waals surface area contributed by atoms with Crippen LogP contribution in [-0.4, -0.2) is 0 Å². The van der Waals surface area contributed by atoms with Crippen LogP contribution in [0.15, 0.2) is 34.7 Å². The summed E-state index contributed by atoms with van der Waals surface area (Å²) in [5, 5.41) is 0. The lowest BCUT2D eigenvalue weighted by Crippen LogP contribution is -1.96. The number of benzene rings is 1. The minimum absolute atomic E-state index is 0.423. The van der Waals surface area contributed by atoms with Gasteiger partial charge in [0.15, 0.2) is 0 Å². The van der Waals surface area contributed by atoms with Gasteiger partial charge in [0, 0.05) is 5.56 Å². The van der Waals surface area contributed by atoms with Crippen molar-refractivity contribution >= 4 is 0 Å². The molecule has 1 heterocycles. The molecular weight excluding hydrogens is 226 g/mol. The minimum Gasteiger partial charge on any atom is -0.489 e. The maximum Gasteiger partial charge on any atom is 0.120 e. The lowest BCUT2D eigenvalue weighted by molar-refractivity contribution is 0.302. The molecule has 1 aromatic carbocycles. The third-order valence-corrected chi connectivity index (χ3v) is 2.97. The van der Waals surface area contributed by atoms with Crippen LogP contribution in [0.2, 0.25) is 0 Å². The molecule has 0 saturated heterocycles. The molecule has 18 heavy (non-hydrogen) atoms. The zero-order chi connectivity index (χ0) is 13.0. The molecule has 3 nitrogen and oxygen atoms in total. The van der Waals surface area contributed by atoms with Crippen LogP contribution in [0.25, 0.3) is 0 Å². The van der Waals surface area contributed by atoms with Crippen LogP contribution in [0.5, 0.6) is 5.75 Å². The average Bonchev–Trinajstić information content (AvgIpc) is 2.77. The average molecular weight is 245 g/mol. The third kappa shape index (κ3) is 2.93. The van der Waals surface area contributed by atoms with E-state index in [1.165, 1.54) is 5.56 Å². The summed E-state index contributed by atoms with van der Waals surface area (Å²) < 4.78 is 11.3. The molecule has 3 heteroatoms. The van der Waals surface area contributed by atoms with Crippen LogP contribution in [0.1, 0.15) is 29.6 Å². The monoisotopic (exact) mass is 245 g/mol. The standard InChI is InChI=1S/C15H19NO2/c1-3-12-5-4-6-14(7-12)17-10-13-8-15(9-16)18-11(13)2/h4-8H,3,9-10,16H2,1-2H3. The first kappa shape index (κ1) is 12.7. The van der Waals surface area contributed by atoms with E-state index < -0.39 is 0 Å². The van der Waals surface area contributed by atoms with E-state index in [2.05, 4.69) is 19.1 Å². The summed E-state index contributed by atoms with van der Waals surface area (Å²) in [4.78, 5) is 0. The van der Waals surface area contributed by atoms with Crippen molar-refractivity contribution in [1.29, 1.82) is 0 Å². The molecule has 0 radical (unpaired) electrons. The van der Waals surface area contributed by atoms with Gasteiger partial charge in [-0.15, -0.1) is 0 Å². The second kappa shape index (κ2) is 5.74. The predicted octanol–water partition coefficient (Wildman–Crippen LogP) is 3.19. The molecule has 96 valence electrons. The van der Waals surface area contributed by atoms with Gasteiger partial charge in [0.05, 0.1) is 6.54 Å². The van der Waals surface area contributed by atoms with Gasteiger partial charge in [0.25, 0.3) is 0 Å². The fourth-order valence-electron chi connectivity index (χ4n) is 1.85. The Morgan fingerprint density at radius 3 is 2.78 bits per heavy atom. The first-order valence-corrected chi connectivity index (χ1v) is 6.23. The Labute approximate surface area is 108 Å². The summed E-state index contributed by atoms with van der Waals surface area (Å²) >= 11 is 0. The number of nitrogens with two attached hydrogens (primary N) is 1. The van der Waals surface area contributed by atoms with E-state index in [1.807, 2.05) is 25.1 Å². The van der Waals surface area contributed by atoms with Crippen molar-refractivity contribution in [3.63, 3.8) is 0 Å². The topological polar surface area (TPSA) is 48.4 Å². The molecule has 0 fully saturated rings. The van der Waals surface area contributed by atoms with Gasteiger partial charge in [-0.2, -0.15) is 0 Å². The Morgan fingerprint density at radius 1 is 1.28 bits per heavy atom. The molecule has 1 aromatic heterocycles. The number of hydrogen-bond acceptors (Lipinski definition) is 3. The Morgan fingerprint density at radius 2 is 2.11 bits per heavy atom. The number of rotatable bonds is 5. The van der Waals surface area contributed by atoms with Gasteiger partial charge in [-0.25, -0.2) is 0 Å². The molecule has 0 amide bonds. The van der Waals surface area contributed by atoms with Gasteiger partial charge in [-0.05, 0) is 37.1 Å². The first-order valence-electron chi connectivity index (χ1n) is 6.23. The Bertz CT molecular complexity index is 517. The van der Waals surface area contributed by atoms with E-state index in [0.717, 1.165) is 29.3 Å². The Balaban J connectivity index is 2.03. The molecule has 2 N–H and O–H groups in total. The van der Waals surface area contributed by atoms with E-state index in [1.54, 1.807) is 0 Å². The zero-order valence-electron chi connectivity index (χ0n) is 10.9. The fourth-order valence-corrected chi connectivity index (χ4v) is 1.85. The van der Waals surface area contributed by atoms with Crippen LogP contribution in [0.4, 0.5) is 0 Å². The smallest absolute Gasteiger partial charge is 0.120 e. The summed E-state index contributed by atoms with van der Waals surface area (Å²) in [6.07, 6.45) is 1.01. The highest BCUT2D eigenvalue weighted by Gasteiger charge is 2.07. The molecule has 0 bridgehead atoms. The van der Waals surface area contributed by atoms with Gasteiger partial charge < -0.3 is 14.9 Å². The number of ether oxygens (including phenoxy) is 1. The minimum atomic E-state index is 0.423. The Hall–Kier alpha value is -1.74. The van der Waals surface area contributed by atoms with Gasteiger partial charge in [0.1, 0.15) is 23.9 Å². The lowest BCUT2D eigenvalue weighted by atomic mass is 10.2. The van der Waals surface area contributed by atoms with Gasteiger partial charge in [-0.1, -0.05) is 19.1 Å². The van der Waals surface area contributed by atoms with Crippen LogP contribution < -0.4 is 10.5 Å². The predicted molar refractivity (Wildman–Crippen MR) is 71.5 cm³/mol. The largest absolute Gasteiger partial charge is 0.489 e. The highest BCUT2D eigenvalue weighted by molar-refractivity contribution is 5.29. The van der Waals surface area contributed by atoms with Gasteiger partial charge >= 0.3 is 0 Å². The van der Waals surface area contributed by atoms with Crippen LogP contribution in [0.3, 0.4) is 0 Å². The van der Waals surface area contributed by atoms with Crippen molar-refractivity contribution in [1.82, 2.24) is 0 Å². The summed E-state index contributed by atoms with van der Waals surface area (Å²) in [5.74, 6) is 2.57. The van der Waals surface area contributed by atoms with Gasteiger partial charge in [-0.3, -0.25) is 0 Å². The second-order valence-corrected chi connectivity index (χ2v) is 4.29. The van der Waals surface area contributed by atoms with E-state index in [9.17, 15) is 0 Å². The van der Waals surface area contributed by atoms with E-state index in [4.69, 9.17) is 14.9 Å². The van der Waals surface area contributed by atoms with Crippen molar-refractivity contribution in [2.75, 3.05) is 0 Å². The van der Waals surface area contributed by atoms with Crippen LogP contribution >= 0.6 is 0 Å². The molecule has 0 spiro atoms. The number of hydrogen-bond donors (Lipinski definition) is 1. The van der Waals surface area contributed by atoms with Crippen molar-refractivity contribution in [2.24, 2.45) is 5.73 Å². The highest BCUT2D eigenvalue weighted by Crippen LogP contribution is 2.19. The molecule has 0 unspecified atom stereocenters. The highest BCUT2D eigenvalue weighted by atomic mass is 16.5. The quantitative estimate of drug-likeness (QED) is 0.880. The van der Waals surface area contributed by atoms with Crippen molar-refractivity contribution in [3.8, 4) is 5.75 Å². The second-order valence-electron chi connectivity index (χ2n) is 4.29. The lowest BCUT2D eigenvalue weighted by Gasteiger charge is -2.06. The van der Waals surface area contributed by atoms with E-state index in [-0.39, 0.29) is 0 Å². The molecule has 0 aliphatic heterocycles. The summed E-state index contributed by atoms with van der Waals surface area (Å²) in [6, 6.07) is 10.1. The van der Waals surface area contributed by atoms with Crippen molar-refractivity contribution < 1.29 is 9.15 Å². The summed E-state index contributed by atoms with van der Waals surface area (Å²) in [6.45, 7) is 5.00. The third-order valence-electron chi connectivity index (χ3n) is 2.97. The fraction of sp³-hybridized carbons (Fsp3) is 0.333. The molecular formula is C15H19NO2. The molecule has 0 saturated carbocycles. The molecule has 0 aliphatic carbocycles. The van der Waals surface area contributed by atoms with E-state index >= 15 is 0 Å². The number of aryl methyl sites for hydroxylation is 2.